The molecule has 0 heterocycles. The number of fused-ring (bicyclic) bond motifs is 1. The lowest BCUT2D eigenvalue weighted by Crippen LogP contribution is -2.28. The summed E-state index contributed by atoms with van der Waals surface area (Å²) in [5.41, 5.74) is 2.85. The van der Waals surface area contributed by atoms with E-state index in [9.17, 15) is 4.79 Å². The molecule has 1 aliphatic rings. The average Bonchev–Trinajstić information content (AvgIpc) is 2.43. The summed E-state index contributed by atoms with van der Waals surface area (Å²) in [4.78, 5) is 10.9. The fourth-order valence-electron chi connectivity index (χ4n) is 2.21. The van der Waals surface area contributed by atoms with Crippen LogP contribution in [0.2, 0.25) is 0 Å². The van der Waals surface area contributed by atoms with Crippen LogP contribution < -0.4 is 10.1 Å². The van der Waals surface area contributed by atoms with E-state index in [4.69, 9.17) is 16.3 Å². The van der Waals surface area contributed by atoms with Gasteiger partial charge in [-0.15, -0.1) is 11.6 Å². The summed E-state index contributed by atoms with van der Waals surface area (Å²) in [7, 11) is 0. The van der Waals surface area contributed by atoms with E-state index >= 15 is 0 Å². The highest BCUT2D eigenvalue weighted by Gasteiger charge is 2.09. The molecule has 0 saturated heterocycles. The SMILES string of the molecule is O=C(CCl)NCCOc1ccc2c(c1)CCCC2. The Morgan fingerprint density at radius 1 is 1.28 bits per heavy atom. The van der Waals surface area contributed by atoms with Crippen molar-refractivity contribution in [3.8, 4) is 5.75 Å². The van der Waals surface area contributed by atoms with Gasteiger partial charge in [0.25, 0.3) is 0 Å². The van der Waals surface area contributed by atoms with Crippen LogP contribution in [0.5, 0.6) is 5.75 Å². The number of aryl methyl sites for hydroxylation is 2. The molecule has 0 unspecified atom stereocenters. The first-order valence-corrected chi connectivity index (χ1v) is 6.90. The molecule has 4 heteroatoms. The highest BCUT2D eigenvalue weighted by atomic mass is 35.5. The lowest BCUT2D eigenvalue weighted by atomic mass is 9.92. The van der Waals surface area contributed by atoms with Crippen LogP contribution in [0.3, 0.4) is 0 Å². The van der Waals surface area contributed by atoms with Gasteiger partial charge in [0.15, 0.2) is 0 Å². The maximum atomic E-state index is 10.9. The first kappa shape index (κ1) is 13.2. The van der Waals surface area contributed by atoms with Crippen molar-refractivity contribution in [2.45, 2.75) is 25.7 Å². The quantitative estimate of drug-likeness (QED) is 0.657. The molecular formula is C14H18ClNO2. The zero-order chi connectivity index (χ0) is 12.8. The van der Waals surface area contributed by atoms with Gasteiger partial charge in [0.05, 0.1) is 6.54 Å². The first-order valence-electron chi connectivity index (χ1n) is 6.37. The minimum atomic E-state index is -0.161. The summed E-state index contributed by atoms with van der Waals surface area (Å²) >= 11 is 5.37. The van der Waals surface area contributed by atoms with Gasteiger partial charge in [0.1, 0.15) is 18.2 Å². The first-order chi connectivity index (χ1) is 8.79. The maximum Gasteiger partial charge on any atom is 0.235 e. The van der Waals surface area contributed by atoms with Gasteiger partial charge < -0.3 is 10.1 Å². The lowest BCUT2D eigenvalue weighted by Gasteiger charge is -2.16. The molecule has 0 atom stereocenters. The third-order valence-electron chi connectivity index (χ3n) is 3.13. The molecule has 0 fully saturated rings. The van der Waals surface area contributed by atoms with Crippen molar-refractivity contribution in [2.24, 2.45) is 0 Å². The highest BCUT2D eigenvalue weighted by molar-refractivity contribution is 6.27. The second-order valence-corrected chi connectivity index (χ2v) is 4.74. The Morgan fingerprint density at radius 3 is 2.83 bits per heavy atom. The second-order valence-electron chi connectivity index (χ2n) is 4.47. The number of rotatable bonds is 5. The molecular weight excluding hydrogens is 250 g/mol. The molecule has 1 aliphatic carbocycles. The standard InChI is InChI=1S/C14H18ClNO2/c15-10-14(17)16-7-8-18-13-6-5-11-3-1-2-4-12(11)9-13/h5-6,9H,1-4,7-8,10H2,(H,16,17). The van der Waals surface area contributed by atoms with Gasteiger partial charge >= 0.3 is 0 Å². The largest absolute Gasteiger partial charge is 0.492 e. The number of amides is 1. The molecule has 0 bridgehead atoms. The molecule has 1 N–H and O–H groups in total. The zero-order valence-corrected chi connectivity index (χ0v) is 11.1. The number of hydrogen-bond donors (Lipinski definition) is 1. The molecule has 18 heavy (non-hydrogen) atoms. The van der Waals surface area contributed by atoms with E-state index < -0.39 is 0 Å². The Kier molecular flexibility index (Phi) is 4.88. The number of nitrogens with one attached hydrogen (secondary N) is 1. The zero-order valence-electron chi connectivity index (χ0n) is 10.4. The number of halogens is 1. The number of carbonyl (C=O) groups is 1. The second kappa shape index (κ2) is 6.64. The van der Waals surface area contributed by atoms with Gasteiger partial charge in [-0.1, -0.05) is 6.07 Å². The molecule has 98 valence electrons. The van der Waals surface area contributed by atoms with Gasteiger partial charge in [-0.2, -0.15) is 0 Å². The van der Waals surface area contributed by atoms with Gasteiger partial charge in [-0.3, -0.25) is 4.79 Å². The van der Waals surface area contributed by atoms with Crippen LogP contribution in [0.4, 0.5) is 0 Å². The highest BCUT2D eigenvalue weighted by Crippen LogP contribution is 2.25. The number of ether oxygens (including phenoxy) is 1. The number of alkyl halides is 1. The third kappa shape index (κ3) is 3.64. The van der Waals surface area contributed by atoms with Crippen LogP contribution in [0.1, 0.15) is 24.0 Å². The summed E-state index contributed by atoms with van der Waals surface area (Å²) in [6.45, 7) is 0.962. The number of hydrogen-bond acceptors (Lipinski definition) is 2. The molecule has 3 nitrogen and oxygen atoms in total. The van der Waals surface area contributed by atoms with Crippen LogP contribution in [0.25, 0.3) is 0 Å². The van der Waals surface area contributed by atoms with E-state index in [2.05, 4.69) is 17.4 Å². The van der Waals surface area contributed by atoms with E-state index in [1.54, 1.807) is 0 Å². The summed E-state index contributed by atoms with van der Waals surface area (Å²) in [6.07, 6.45) is 4.89. The van der Waals surface area contributed by atoms with E-state index in [0.29, 0.717) is 13.2 Å². The molecule has 2 rings (SSSR count). The smallest absolute Gasteiger partial charge is 0.235 e. The fraction of sp³-hybridized carbons (Fsp3) is 0.500. The van der Waals surface area contributed by atoms with Crippen molar-refractivity contribution in [3.63, 3.8) is 0 Å². The predicted octanol–water partition coefficient (Wildman–Crippen LogP) is 2.30. The summed E-state index contributed by atoms with van der Waals surface area (Å²) in [5, 5.41) is 2.67. The van der Waals surface area contributed by atoms with Gasteiger partial charge in [-0.05, 0) is 48.9 Å². The van der Waals surface area contributed by atoms with Crippen molar-refractivity contribution in [3.05, 3.63) is 29.3 Å². The molecule has 1 aromatic carbocycles. The van der Waals surface area contributed by atoms with Crippen LogP contribution in [0, 0.1) is 0 Å². The van der Waals surface area contributed by atoms with Crippen LogP contribution >= 0.6 is 11.6 Å². The Labute approximate surface area is 112 Å². The molecule has 0 spiro atoms. The Bertz CT molecular complexity index is 420. The van der Waals surface area contributed by atoms with Crippen molar-refractivity contribution in [1.82, 2.24) is 5.32 Å². The van der Waals surface area contributed by atoms with E-state index in [-0.39, 0.29) is 11.8 Å². The van der Waals surface area contributed by atoms with E-state index in [1.165, 1.54) is 30.4 Å². The van der Waals surface area contributed by atoms with Crippen LogP contribution in [-0.2, 0) is 17.6 Å². The number of benzene rings is 1. The van der Waals surface area contributed by atoms with Gasteiger partial charge in [0, 0.05) is 0 Å². The Balaban J connectivity index is 1.81. The van der Waals surface area contributed by atoms with Gasteiger partial charge in [-0.25, -0.2) is 0 Å². The molecule has 0 aromatic heterocycles. The number of carbonyl (C=O) groups excluding carboxylic acids is 1. The molecule has 0 saturated carbocycles. The third-order valence-corrected chi connectivity index (χ3v) is 3.38. The van der Waals surface area contributed by atoms with Crippen LogP contribution in [-0.4, -0.2) is 24.9 Å². The minimum absolute atomic E-state index is 0.00115. The fourth-order valence-corrected chi connectivity index (χ4v) is 2.30. The molecule has 0 radical (unpaired) electrons. The minimum Gasteiger partial charge on any atom is -0.492 e. The molecule has 0 aliphatic heterocycles. The monoisotopic (exact) mass is 267 g/mol. The normalized spacial score (nSPS) is 13.8. The summed E-state index contributed by atoms with van der Waals surface area (Å²) in [5.74, 6) is 0.722. The summed E-state index contributed by atoms with van der Waals surface area (Å²) < 4.78 is 5.61. The van der Waals surface area contributed by atoms with Crippen molar-refractivity contribution >= 4 is 17.5 Å². The van der Waals surface area contributed by atoms with Gasteiger partial charge in [0.2, 0.25) is 5.91 Å². The molecule has 1 aromatic rings. The topological polar surface area (TPSA) is 38.3 Å². The van der Waals surface area contributed by atoms with Crippen molar-refractivity contribution in [2.75, 3.05) is 19.0 Å². The van der Waals surface area contributed by atoms with Crippen LogP contribution in [0.15, 0.2) is 18.2 Å². The summed E-state index contributed by atoms with van der Waals surface area (Å²) in [6, 6.07) is 6.28. The van der Waals surface area contributed by atoms with Crippen molar-refractivity contribution < 1.29 is 9.53 Å². The average molecular weight is 268 g/mol. The Hall–Kier alpha value is -1.22. The Morgan fingerprint density at radius 2 is 2.06 bits per heavy atom. The van der Waals surface area contributed by atoms with E-state index in [1.807, 2.05) is 6.07 Å². The lowest BCUT2D eigenvalue weighted by molar-refractivity contribution is -0.118. The molecule has 1 amide bonds. The van der Waals surface area contributed by atoms with Crippen molar-refractivity contribution in [1.29, 1.82) is 0 Å². The predicted molar refractivity (Wildman–Crippen MR) is 72.3 cm³/mol. The maximum absolute atomic E-state index is 10.9. The van der Waals surface area contributed by atoms with E-state index in [0.717, 1.165) is 12.2 Å².